The SMILES string of the molecule is Cc1c(C(=O)NC2CNCCC2C)oc2c(Cl)cccc12. The van der Waals surface area contributed by atoms with E-state index in [1.807, 2.05) is 19.1 Å². The molecule has 112 valence electrons. The number of hydrogen-bond donors (Lipinski definition) is 2. The van der Waals surface area contributed by atoms with Gasteiger partial charge in [-0.3, -0.25) is 4.79 Å². The Balaban J connectivity index is 1.88. The van der Waals surface area contributed by atoms with Gasteiger partial charge in [0, 0.05) is 23.5 Å². The van der Waals surface area contributed by atoms with Gasteiger partial charge in [0.1, 0.15) is 0 Å². The van der Waals surface area contributed by atoms with Crippen molar-refractivity contribution in [1.82, 2.24) is 10.6 Å². The molecule has 0 saturated carbocycles. The molecular formula is C16H19ClN2O2. The van der Waals surface area contributed by atoms with Crippen LogP contribution in [0, 0.1) is 12.8 Å². The summed E-state index contributed by atoms with van der Waals surface area (Å²) in [6.07, 6.45) is 1.07. The van der Waals surface area contributed by atoms with Crippen molar-refractivity contribution in [3.63, 3.8) is 0 Å². The van der Waals surface area contributed by atoms with Crippen molar-refractivity contribution in [3.8, 4) is 0 Å². The topological polar surface area (TPSA) is 54.3 Å². The van der Waals surface area contributed by atoms with Crippen LogP contribution in [0.5, 0.6) is 0 Å². The van der Waals surface area contributed by atoms with Crippen LogP contribution in [-0.2, 0) is 0 Å². The number of carbonyl (C=O) groups excluding carboxylic acids is 1. The third kappa shape index (κ3) is 2.65. The number of rotatable bonds is 2. The number of fused-ring (bicyclic) bond motifs is 1. The minimum Gasteiger partial charge on any atom is -0.449 e. The molecule has 0 aliphatic carbocycles. The standard InChI is InChI=1S/C16H19ClN2O2/c1-9-6-7-18-8-13(9)19-16(20)14-10(2)11-4-3-5-12(17)15(11)21-14/h3-5,9,13,18H,6-8H2,1-2H3,(H,19,20). The zero-order chi connectivity index (χ0) is 15.0. The van der Waals surface area contributed by atoms with Crippen molar-refractivity contribution in [2.75, 3.05) is 13.1 Å². The Hall–Kier alpha value is -1.52. The van der Waals surface area contributed by atoms with Crippen molar-refractivity contribution < 1.29 is 9.21 Å². The molecule has 1 fully saturated rings. The number of aryl methyl sites for hydroxylation is 1. The zero-order valence-electron chi connectivity index (χ0n) is 12.2. The van der Waals surface area contributed by atoms with Crippen molar-refractivity contribution in [2.24, 2.45) is 5.92 Å². The third-order valence-electron chi connectivity index (χ3n) is 4.27. The smallest absolute Gasteiger partial charge is 0.287 e. The van der Waals surface area contributed by atoms with Gasteiger partial charge in [0.2, 0.25) is 0 Å². The van der Waals surface area contributed by atoms with Gasteiger partial charge in [-0.1, -0.05) is 30.7 Å². The number of benzene rings is 1. The van der Waals surface area contributed by atoms with Crippen LogP contribution >= 0.6 is 11.6 Å². The largest absolute Gasteiger partial charge is 0.449 e. The lowest BCUT2D eigenvalue weighted by Gasteiger charge is -2.29. The summed E-state index contributed by atoms with van der Waals surface area (Å²) < 4.78 is 5.70. The Bertz CT molecular complexity index is 680. The second kappa shape index (κ2) is 5.70. The molecule has 21 heavy (non-hydrogen) atoms. The molecule has 1 saturated heterocycles. The summed E-state index contributed by atoms with van der Waals surface area (Å²) in [5.74, 6) is 0.652. The van der Waals surface area contributed by atoms with Crippen molar-refractivity contribution in [1.29, 1.82) is 0 Å². The molecule has 1 aliphatic rings. The Kier molecular flexibility index (Phi) is 3.91. The maximum Gasteiger partial charge on any atom is 0.287 e. The Morgan fingerprint density at radius 1 is 1.48 bits per heavy atom. The summed E-state index contributed by atoms with van der Waals surface area (Å²) in [5.41, 5.74) is 1.41. The summed E-state index contributed by atoms with van der Waals surface area (Å²) in [6.45, 7) is 5.85. The van der Waals surface area contributed by atoms with Gasteiger partial charge in [-0.15, -0.1) is 0 Å². The predicted octanol–water partition coefficient (Wildman–Crippen LogP) is 3.12. The predicted molar refractivity (Wildman–Crippen MR) is 83.9 cm³/mol. The molecule has 0 spiro atoms. The lowest BCUT2D eigenvalue weighted by Crippen LogP contribution is -2.50. The van der Waals surface area contributed by atoms with E-state index in [1.165, 1.54) is 0 Å². The Morgan fingerprint density at radius 3 is 3.00 bits per heavy atom. The second-order valence-electron chi connectivity index (χ2n) is 5.72. The van der Waals surface area contributed by atoms with Gasteiger partial charge in [0.15, 0.2) is 11.3 Å². The molecule has 2 N–H and O–H groups in total. The Morgan fingerprint density at radius 2 is 2.29 bits per heavy atom. The number of amides is 1. The number of furan rings is 1. The summed E-state index contributed by atoms with van der Waals surface area (Å²) in [5, 5.41) is 7.79. The summed E-state index contributed by atoms with van der Waals surface area (Å²) in [7, 11) is 0. The molecule has 1 aromatic carbocycles. The van der Waals surface area contributed by atoms with Crippen LogP contribution in [0.1, 0.15) is 29.5 Å². The first-order valence-electron chi connectivity index (χ1n) is 7.27. The minimum atomic E-state index is -0.166. The van der Waals surface area contributed by atoms with Gasteiger partial charge in [0.25, 0.3) is 5.91 Å². The molecule has 2 aromatic rings. The molecular weight excluding hydrogens is 288 g/mol. The highest BCUT2D eigenvalue weighted by Gasteiger charge is 2.26. The first kappa shape index (κ1) is 14.4. The average molecular weight is 307 g/mol. The van der Waals surface area contributed by atoms with E-state index in [4.69, 9.17) is 16.0 Å². The molecule has 0 bridgehead atoms. The summed E-state index contributed by atoms with van der Waals surface area (Å²) >= 11 is 6.13. The number of para-hydroxylation sites is 1. The molecule has 1 aromatic heterocycles. The van der Waals surface area contributed by atoms with Gasteiger partial charge in [-0.25, -0.2) is 0 Å². The maximum absolute atomic E-state index is 12.5. The number of piperidine rings is 1. The van der Waals surface area contributed by atoms with E-state index in [2.05, 4.69) is 17.6 Å². The lowest BCUT2D eigenvalue weighted by molar-refractivity contribution is 0.0888. The van der Waals surface area contributed by atoms with Crippen LogP contribution in [0.3, 0.4) is 0 Å². The van der Waals surface area contributed by atoms with E-state index < -0.39 is 0 Å². The number of hydrogen-bond acceptors (Lipinski definition) is 3. The van der Waals surface area contributed by atoms with E-state index >= 15 is 0 Å². The second-order valence-corrected chi connectivity index (χ2v) is 6.13. The fraction of sp³-hybridized carbons (Fsp3) is 0.438. The lowest BCUT2D eigenvalue weighted by atomic mass is 9.94. The molecule has 3 rings (SSSR count). The fourth-order valence-corrected chi connectivity index (χ4v) is 3.06. The molecule has 2 heterocycles. The summed E-state index contributed by atoms with van der Waals surface area (Å²) in [6, 6.07) is 5.68. The monoisotopic (exact) mass is 306 g/mol. The highest BCUT2D eigenvalue weighted by Crippen LogP contribution is 2.30. The van der Waals surface area contributed by atoms with Gasteiger partial charge >= 0.3 is 0 Å². The molecule has 1 amide bonds. The average Bonchev–Trinajstić information content (AvgIpc) is 2.81. The van der Waals surface area contributed by atoms with Crippen LogP contribution in [0.25, 0.3) is 11.0 Å². The normalized spacial score (nSPS) is 22.4. The fourth-order valence-electron chi connectivity index (χ4n) is 2.84. The number of nitrogens with one attached hydrogen (secondary N) is 2. The number of halogens is 1. The highest BCUT2D eigenvalue weighted by atomic mass is 35.5. The van der Waals surface area contributed by atoms with Crippen LogP contribution in [0.2, 0.25) is 5.02 Å². The quantitative estimate of drug-likeness (QED) is 0.896. The van der Waals surface area contributed by atoms with Gasteiger partial charge in [-0.05, 0) is 31.9 Å². The minimum absolute atomic E-state index is 0.134. The van der Waals surface area contributed by atoms with E-state index in [0.717, 1.165) is 30.5 Å². The maximum atomic E-state index is 12.5. The summed E-state index contributed by atoms with van der Waals surface area (Å²) in [4.78, 5) is 12.5. The number of carbonyl (C=O) groups is 1. The van der Waals surface area contributed by atoms with Crippen LogP contribution < -0.4 is 10.6 Å². The molecule has 5 heteroatoms. The van der Waals surface area contributed by atoms with Crippen LogP contribution in [-0.4, -0.2) is 25.0 Å². The van der Waals surface area contributed by atoms with Gasteiger partial charge < -0.3 is 15.1 Å². The molecule has 0 radical (unpaired) electrons. The van der Waals surface area contributed by atoms with Crippen molar-refractivity contribution in [2.45, 2.75) is 26.3 Å². The van der Waals surface area contributed by atoms with Crippen LogP contribution in [0.15, 0.2) is 22.6 Å². The van der Waals surface area contributed by atoms with E-state index in [1.54, 1.807) is 6.07 Å². The van der Waals surface area contributed by atoms with Crippen molar-refractivity contribution >= 4 is 28.5 Å². The van der Waals surface area contributed by atoms with E-state index in [-0.39, 0.29) is 11.9 Å². The molecule has 2 unspecified atom stereocenters. The first-order chi connectivity index (χ1) is 10.1. The Labute approximate surface area is 128 Å². The van der Waals surface area contributed by atoms with E-state index in [9.17, 15) is 4.79 Å². The van der Waals surface area contributed by atoms with Gasteiger partial charge in [0.05, 0.1) is 5.02 Å². The highest BCUT2D eigenvalue weighted by molar-refractivity contribution is 6.35. The third-order valence-corrected chi connectivity index (χ3v) is 4.56. The first-order valence-corrected chi connectivity index (χ1v) is 7.65. The molecule has 1 aliphatic heterocycles. The molecule has 2 atom stereocenters. The zero-order valence-corrected chi connectivity index (χ0v) is 13.0. The van der Waals surface area contributed by atoms with Crippen LogP contribution in [0.4, 0.5) is 0 Å². The molecule has 4 nitrogen and oxygen atoms in total. The van der Waals surface area contributed by atoms with Gasteiger partial charge in [-0.2, -0.15) is 0 Å². The van der Waals surface area contributed by atoms with Crippen molar-refractivity contribution in [3.05, 3.63) is 34.5 Å². The van der Waals surface area contributed by atoms with E-state index in [0.29, 0.717) is 22.3 Å².